The third-order valence-corrected chi connectivity index (χ3v) is 1.60. The first kappa shape index (κ1) is 8.21. The van der Waals surface area contributed by atoms with Crippen molar-refractivity contribution < 1.29 is 4.39 Å². The number of benzene rings is 1. The fourth-order valence-electron chi connectivity index (χ4n) is 1.02. The van der Waals surface area contributed by atoms with Crippen LogP contribution in [0.4, 0.5) is 4.39 Å². The number of hydrogen-bond donors (Lipinski definition) is 1. The second kappa shape index (κ2) is 3.49. The van der Waals surface area contributed by atoms with E-state index < -0.39 is 0 Å². The Morgan fingerprint density at radius 3 is 2.73 bits per heavy atom. The molecule has 0 amide bonds. The van der Waals surface area contributed by atoms with Gasteiger partial charge in [-0.3, -0.25) is 0 Å². The highest BCUT2D eigenvalue weighted by atomic mass is 19.1. The van der Waals surface area contributed by atoms with Crippen LogP contribution in [0.25, 0.3) is 0 Å². The predicted molar refractivity (Wildman–Crippen MR) is 43.9 cm³/mol. The van der Waals surface area contributed by atoms with Gasteiger partial charge in [0.2, 0.25) is 0 Å². The highest BCUT2D eigenvalue weighted by Gasteiger charge is 1.96. The summed E-state index contributed by atoms with van der Waals surface area (Å²) in [5.74, 6) is -0.134. The smallest absolute Gasteiger partial charge is 0.126 e. The normalized spacial score (nSPS) is 10.1. The minimum Gasteiger partial charge on any atom is -0.316 e. The Bertz CT molecular complexity index is 245. The van der Waals surface area contributed by atoms with Crippen LogP contribution in [0.1, 0.15) is 11.1 Å². The molecular weight excluding hydrogens is 141 g/mol. The second-order valence-corrected chi connectivity index (χ2v) is 2.61. The highest BCUT2D eigenvalue weighted by Crippen LogP contribution is 2.08. The zero-order valence-electron chi connectivity index (χ0n) is 6.82. The van der Waals surface area contributed by atoms with Crippen LogP contribution in [0.5, 0.6) is 0 Å². The predicted octanol–water partition coefficient (Wildman–Crippen LogP) is 1.85. The highest BCUT2D eigenvalue weighted by molar-refractivity contribution is 5.23. The minimum atomic E-state index is -0.134. The molecule has 0 aromatic heterocycles. The fourth-order valence-corrected chi connectivity index (χ4v) is 1.02. The SMILES string of the molecule is CNCc1ccc(F)c(C)c1. The van der Waals surface area contributed by atoms with Gasteiger partial charge in [0.15, 0.2) is 0 Å². The van der Waals surface area contributed by atoms with E-state index in [0.29, 0.717) is 5.56 Å². The first-order chi connectivity index (χ1) is 5.24. The lowest BCUT2D eigenvalue weighted by atomic mass is 10.1. The number of nitrogens with one attached hydrogen (secondary N) is 1. The van der Waals surface area contributed by atoms with E-state index in [0.717, 1.165) is 12.1 Å². The molecule has 11 heavy (non-hydrogen) atoms. The fraction of sp³-hybridized carbons (Fsp3) is 0.333. The van der Waals surface area contributed by atoms with Gasteiger partial charge in [0, 0.05) is 6.54 Å². The molecule has 1 nitrogen and oxygen atoms in total. The van der Waals surface area contributed by atoms with E-state index in [2.05, 4.69) is 5.32 Å². The molecule has 0 saturated heterocycles. The summed E-state index contributed by atoms with van der Waals surface area (Å²) in [5, 5.41) is 3.01. The molecule has 0 aliphatic rings. The minimum absolute atomic E-state index is 0.134. The van der Waals surface area contributed by atoms with E-state index >= 15 is 0 Å². The summed E-state index contributed by atoms with van der Waals surface area (Å²) in [6.07, 6.45) is 0. The van der Waals surface area contributed by atoms with Crippen molar-refractivity contribution in [2.45, 2.75) is 13.5 Å². The molecule has 0 atom stereocenters. The van der Waals surface area contributed by atoms with Crippen LogP contribution in [0.15, 0.2) is 18.2 Å². The van der Waals surface area contributed by atoms with Crippen molar-refractivity contribution in [3.8, 4) is 0 Å². The van der Waals surface area contributed by atoms with E-state index in [1.807, 2.05) is 13.1 Å². The zero-order chi connectivity index (χ0) is 8.27. The van der Waals surface area contributed by atoms with Crippen LogP contribution in [0.2, 0.25) is 0 Å². The number of halogens is 1. The molecule has 2 heteroatoms. The van der Waals surface area contributed by atoms with Crippen molar-refractivity contribution in [1.82, 2.24) is 5.32 Å². The van der Waals surface area contributed by atoms with Gasteiger partial charge in [-0.15, -0.1) is 0 Å². The van der Waals surface area contributed by atoms with Crippen molar-refractivity contribution >= 4 is 0 Å². The Morgan fingerprint density at radius 1 is 1.45 bits per heavy atom. The average molecular weight is 153 g/mol. The molecule has 0 unspecified atom stereocenters. The zero-order valence-corrected chi connectivity index (χ0v) is 6.82. The Hall–Kier alpha value is -0.890. The molecule has 1 N–H and O–H groups in total. The molecule has 1 rings (SSSR count). The molecule has 0 aliphatic carbocycles. The molecule has 0 saturated carbocycles. The van der Waals surface area contributed by atoms with Crippen molar-refractivity contribution in [3.63, 3.8) is 0 Å². The number of rotatable bonds is 2. The third-order valence-electron chi connectivity index (χ3n) is 1.60. The topological polar surface area (TPSA) is 12.0 Å². The molecular formula is C9H12FN. The molecule has 1 aromatic carbocycles. The van der Waals surface area contributed by atoms with Gasteiger partial charge in [-0.2, -0.15) is 0 Å². The largest absolute Gasteiger partial charge is 0.316 e. The van der Waals surface area contributed by atoms with Crippen LogP contribution in [0, 0.1) is 12.7 Å². The maximum atomic E-state index is 12.7. The molecule has 0 radical (unpaired) electrons. The van der Waals surface area contributed by atoms with E-state index in [9.17, 15) is 4.39 Å². The van der Waals surface area contributed by atoms with Gasteiger partial charge >= 0.3 is 0 Å². The Kier molecular flexibility index (Phi) is 2.60. The summed E-state index contributed by atoms with van der Waals surface area (Å²) in [4.78, 5) is 0. The summed E-state index contributed by atoms with van der Waals surface area (Å²) in [5.41, 5.74) is 1.82. The van der Waals surface area contributed by atoms with Gasteiger partial charge in [-0.05, 0) is 31.2 Å². The summed E-state index contributed by atoms with van der Waals surface area (Å²) in [6, 6.07) is 5.15. The molecule has 0 fully saturated rings. The van der Waals surface area contributed by atoms with E-state index in [1.54, 1.807) is 13.0 Å². The van der Waals surface area contributed by atoms with Gasteiger partial charge < -0.3 is 5.32 Å². The standard InChI is InChI=1S/C9H12FN/c1-7-5-8(6-11-2)3-4-9(7)10/h3-5,11H,6H2,1-2H3. The van der Waals surface area contributed by atoms with E-state index in [4.69, 9.17) is 0 Å². The number of hydrogen-bond acceptors (Lipinski definition) is 1. The van der Waals surface area contributed by atoms with Crippen LogP contribution in [0.3, 0.4) is 0 Å². The lowest BCUT2D eigenvalue weighted by molar-refractivity contribution is 0.617. The van der Waals surface area contributed by atoms with E-state index in [-0.39, 0.29) is 5.82 Å². The monoisotopic (exact) mass is 153 g/mol. The Morgan fingerprint density at radius 2 is 2.18 bits per heavy atom. The summed E-state index contributed by atoms with van der Waals surface area (Å²) in [7, 11) is 1.87. The Balaban J connectivity index is 2.86. The van der Waals surface area contributed by atoms with Gasteiger partial charge in [-0.1, -0.05) is 12.1 Å². The van der Waals surface area contributed by atoms with Crippen LogP contribution in [-0.2, 0) is 6.54 Å². The first-order valence-corrected chi connectivity index (χ1v) is 3.63. The maximum Gasteiger partial charge on any atom is 0.126 e. The lowest BCUT2D eigenvalue weighted by Crippen LogP contribution is -2.05. The molecule has 0 heterocycles. The summed E-state index contributed by atoms with van der Waals surface area (Å²) >= 11 is 0. The second-order valence-electron chi connectivity index (χ2n) is 2.61. The van der Waals surface area contributed by atoms with Crippen LogP contribution < -0.4 is 5.32 Å². The van der Waals surface area contributed by atoms with Gasteiger partial charge in [0.25, 0.3) is 0 Å². The first-order valence-electron chi connectivity index (χ1n) is 3.63. The van der Waals surface area contributed by atoms with E-state index in [1.165, 1.54) is 6.07 Å². The molecule has 0 bridgehead atoms. The quantitative estimate of drug-likeness (QED) is 0.683. The molecule has 0 spiro atoms. The maximum absolute atomic E-state index is 12.7. The van der Waals surface area contributed by atoms with Crippen LogP contribution >= 0.6 is 0 Å². The third kappa shape index (κ3) is 2.02. The molecule has 0 aliphatic heterocycles. The van der Waals surface area contributed by atoms with Crippen molar-refractivity contribution in [3.05, 3.63) is 35.1 Å². The molecule has 60 valence electrons. The lowest BCUT2D eigenvalue weighted by Gasteiger charge is -2.01. The van der Waals surface area contributed by atoms with Crippen molar-refractivity contribution in [1.29, 1.82) is 0 Å². The number of aryl methyl sites for hydroxylation is 1. The average Bonchev–Trinajstić information content (AvgIpc) is 1.98. The van der Waals surface area contributed by atoms with Gasteiger partial charge in [0.05, 0.1) is 0 Å². The summed E-state index contributed by atoms with van der Waals surface area (Å²) in [6.45, 7) is 2.57. The van der Waals surface area contributed by atoms with Gasteiger partial charge in [0.1, 0.15) is 5.82 Å². The Labute approximate surface area is 66.2 Å². The van der Waals surface area contributed by atoms with Crippen molar-refractivity contribution in [2.24, 2.45) is 0 Å². The molecule has 1 aromatic rings. The van der Waals surface area contributed by atoms with Crippen molar-refractivity contribution in [2.75, 3.05) is 7.05 Å². The van der Waals surface area contributed by atoms with Crippen LogP contribution in [-0.4, -0.2) is 7.05 Å². The summed E-state index contributed by atoms with van der Waals surface area (Å²) < 4.78 is 12.7. The van der Waals surface area contributed by atoms with Gasteiger partial charge in [-0.25, -0.2) is 4.39 Å².